The van der Waals surface area contributed by atoms with Crippen LogP contribution in [0.2, 0.25) is 0 Å². The van der Waals surface area contributed by atoms with Gasteiger partial charge in [-0.1, -0.05) is 36.4 Å². The summed E-state index contributed by atoms with van der Waals surface area (Å²) in [5.74, 6) is 0.648. The third-order valence-corrected chi connectivity index (χ3v) is 7.07. The van der Waals surface area contributed by atoms with Crippen molar-refractivity contribution in [1.29, 1.82) is 0 Å². The van der Waals surface area contributed by atoms with E-state index in [-0.39, 0.29) is 18.4 Å². The number of H-pyrrole nitrogens is 1. The molecular formula is C27H32N4O4. The van der Waals surface area contributed by atoms with E-state index in [1.54, 1.807) is 9.80 Å². The number of nitrogens with one attached hydrogen (secondary N) is 1. The lowest BCUT2D eigenvalue weighted by atomic mass is 9.90. The van der Waals surface area contributed by atoms with Crippen molar-refractivity contribution in [2.75, 3.05) is 39.4 Å². The first-order chi connectivity index (χ1) is 17.1. The van der Waals surface area contributed by atoms with E-state index in [1.165, 1.54) is 5.56 Å². The van der Waals surface area contributed by atoms with Crippen molar-refractivity contribution in [2.24, 2.45) is 0 Å². The highest BCUT2D eigenvalue weighted by molar-refractivity contribution is 6.05. The minimum Gasteiger partial charge on any atom is -0.491 e. The smallest absolute Gasteiger partial charge is 0.275 e. The van der Waals surface area contributed by atoms with E-state index in [1.807, 2.05) is 49.4 Å². The number of nitrogens with zero attached hydrogens (tertiary/aromatic N) is 3. The van der Waals surface area contributed by atoms with E-state index in [0.29, 0.717) is 45.0 Å². The molecule has 1 unspecified atom stereocenters. The molecule has 1 aromatic heterocycles. The van der Waals surface area contributed by atoms with Crippen LogP contribution in [0.4, 0.5) is 0 Å². The lowest BCUT2D eigenvalue weighted by Gasteiger charge is -2.44. The first kappa shape index (κ1) is 23.4. The lowest BCUT2D eigenvalue weighted by molar-refractivity contribution is -0.170. The Hall–Kier alpha value is -3.39. The molecule has 2 amide bonds. The second kappa shape index (κ2) is 10.1. The van der Waals surface area contributed by atoms with E-state index < -0.39 is 5.60 Å². The lowest BCUT2D eigenvalue weighted by Crippen LogP contribution is -2.62. The Labute approximate surface area is 205 Å². The fourth-order valence-corrected chi connectivity index (χ4v) is 5.16. The molecule has 8 heteroatoms. The maximum Gasteiger partial charge on any atom is 0.275 e. The van der Waals surface area contributed by atoms with E-state index in [2.05, 4.69) is 16.3 Å². The van der Waals surface area contributed by atoms with Crippen LogP contribution in [0, 0.1) is 0 Å². The number of hydrogen-bond acceptors (Lipinski definition) is 5. The van der Waals surface area contributed by atoms with Gasteiger partial charge in [-0.15, -0.1) is 0 Å². The number of fused-ring (bicyclic) bond motifs is 2. The predicted octanol–water partition coefficient (Wildman–Crippen LogP) is 3.43. The number of aromatic amines is 1. The van der Waals surface area contributed by atoms with Crippen LogP contribution in [0.15, 0.2) is 48.5 Å². The van der Waals surface area contributed by atoms with Gasteiger partial charge in [0.1, 0.15) is 12.4 Å². The van der Waals surface area contributed by atoms with Crippen LogP contribution in [0.3, 0.4) is 0 Å². The number of morpholine rings is 1. The van der Waals surface area contributed by atoms with Crippen molar-refractivity contribution < 1.29 is 19.1 Å². The molecule has 1 fully saturated rings. The monoisotopic (exact) mass is 476 g/mol. The maximum absolute atomic E-state index is 13.9. The summed E-state index contributed by atoms with van der Waals surface area (Å²) in [6.07, 6.45) is 3.16. The SMILES string of the molecule is CCN1CCOc2ccccc2CCCCC2(CN(C(=O)c3n[nH]c4ccccc34)CCO2)C1=O. The quantitative estimate of drug-likeness (QED) is 0.612. The summed E-state index contributed by atoms with van der Waals surface area (Å²) in [6, 6.07) is 15.7. The zero-order valence-electron chi connectivity index (χ0n) is 20.2. The Kier molecular flexibility index (Phi) is 6.72. The van der Waals surface area contributed by atoms with Gasteiger partial charge in [-0.05, 0) is 50.3 Å². The van der Waals surface area contributed by atoms with Crippen molar-refractivity contribution in [3.8, 4) is 5.75 Å². The molecule has 35 heavy (non-hydrogen) atoms. The highest BCUT2D eigenvalue weighted by Gasteiger charge is 2.46. The Morgan fingerprint density at radius 1 is 1.09 bits per heavy atom. The highest BCUT2D eigenvalue weighted by atomic mass is 16.5. The number of aromatic nitrogens is 2. The van der Waals surface area contributed by atoms with Crippen LogP contribution >= 0.6 is 0 Å². The number of carbonyl (C=O) groups excluding carboxylic acids is 2. The molecule has 1 atom stereocenters. The number of ether oxygens (including phenoxy) is 2. The second-order valence-corrected chi connectivity index (χ2v) is 9.24. The van der Waals surface area contributed by atoms with Crippen molar-refractivity contribution in [2.45, 2.75) is 38.2 Å². The molecule has 0 radical (unpaired) electrons. The molecule has 184 valence electrons. The van der Waals surface area contributed by atoms with Gasteiger partial charge in [-0.2, -0.15) is 5.10 Å². The number of para-hydroxylation sites is 2. The molecule has 2 aliphatic rings. The number of rotatable bonds is 2. The fraction of sp³-hybridized carbons (Fsp3) is 0.444. The molecule has 1 N–H and O–H groups in total. The summed E-state index contributed by atoms with van der Waals surface area (Å²) >= 11 is 0. The van der Waals surface area contributed by atoms with E-state index in [0.717, 1.165) is 35.9 Å². The highest BCUT2D eigenvalue weighted by Crippen LogP contribution is 2.30. The van der Waals surface area contributed by atoms with Crippen LogP contribution in [0.1, 0.15) is 42.2 Å². The Morgan fingerprint density at radius 2 is 1.91 bits per heavy atom. The van der Waals surface area contributed by atoms with Crippen molar-refractivity contribution >= 4 is 22.7 Å². The molecule has 1 spiro atoms. The van der Waals surface area contributed by atoms with Crippen molar-refractivity contribution in [1.82, 2.24) is 20.0 Å². The zero-order chi connectivity index (χ0) is 24.3. The van der Waals surface area contributed by atoms with Gasteiger partial charge < -0.3 is 19.3 Å². The van der Waals surface area contributed by atoms with Gasteiger partial charge in [-0.3, -0.25) is 14.7 Å². The summed E-state index contributed by atoms with van der Waals surface area (Å²) in [5.41, 5.74) is 1.33. The molecule has 1 saturated heterocycles. The first-order valence-corrected chi connectivity index (χ1v) is 12.5. The number of carbonyl (C=O) groups is 2. The normalized spacial score (nSPS) is 21.8. The molecular weight excluding hydrogens is 444 g/mol. The number of benzene rings is 2. The zero-order valence-corrected chi connectivity index (χ0v) is 20.2. The minimum atomic E-state index is -1.06. The number of likely N-dealkylation sites (N-methyl/N-ethyl adjacent to an activating group) is 1. The van der Waals surface area contributed by atoms with Crippen LogP contribution in [-0.4, -0.2) is 76.8 Å². The third-order valence-electron chi connectivity index (χ3n) is 7.07. The molecule has 8 nitrogen and oxygen atoms in total. The maximum atomic E-state index is 13.9. The van der Waals surface area contributed by atoms with Crippen molar-refractivity contribution in [3.63, 3.8) is 0 Å². The van der Waals surface area contributed by atoms with Gasteiger partial charge in [-0.25, -0.2) is 0 Å². The van der Waals surface area contributed by atoms with Gasteiger partial charge in [0.05, 0.1) is 25.2 Å². The topological polar surface area (TPSA) is 87.8 Å². The summed E-state index contributed by atoms with van der Waals surface area (Å²) in [7, 11) is 0. The molecule has 0 aliphatic carbocycles. The molecule has 3 heterocycles. The van der Waals surface area contributed by atoms with Gasteiger partial charge in [0.25, 0.3) is 11.8 Å². The largest absolute Gasteiger partial charge is 0.491 e. The molecule has 5 rings (SSSR count). The second-order valence-electron chi connectivity index (χ2n) is 9.24. The number of amides is 2. The molecule has 0 saturated carbocycles. The van der Waals surface area contributed by atoms with E-state index in [4.69, 9.17) is 9.47 Å². The minimum absolute atomic E-state index is 0.0677. The standard InChI is InChI=1S/C27H32N4O4/c1-2-30-15-17-34-23-13-6-3-9-20(23)10-7-8-14-27(26(30)33)19-31(16-18-35-27)25(32)24-21-11-4-5-12-22(21)28-29-24/h3-6,9,11-13H,2,7-8,10,14-19H2,1H3,(H,28,29). The summed E-state index contributed by atoms with van der Waals surface area (Å²) < 4.78 is 12.3. The van der Waals surface area contributed by atoms with E-state index in [9.17, 15) is 9.59 Å². The van der Waals surface area contributed by atoms with E-state index >= 15 is 0 Å². The Bertz CT molecular complexity index is 1210. The average Bonchev–Trinajstić information content (AvgIpc) is 3.33. The molecule has 2 aliphatic heterocycles. The number of aryl methyl sites for hydroxylation is 1. The van der Waals surface area contributed by atoms with Gasteiger partial charge in [0, 0.05) is 18.5 Å². The molecule has 3 aromatic rings. The predicted molar refractivity (Wildman–Crippen MR) is 132 cm³/mol. The van der Waals surface area contributed by atoms with Crippen molar-refractivity contribution in [3.05, 3.63) is 59.8 Å². The van der Waals surface area contributed by atoms with Crippen LogP contribution < -0.4 is 4.74 Å². The summed E-state index contributed by atoms with van der Waals surface area (Å²) in [5, 5.41) is 8.02. The summed E-state index contributed by atoms with van der Waals surface area (Å²) in [4.78, 5) is 30.9. The first-order valence-electron chi connectivity index (χ1n) is 12.5. The van der Waals surface area contributed by atoms with Crippen LogP contribution in [-0.2, 0) is 16.0 Å². The fourth-order valence-electron chi connectivity index (χ4n) is 5.16. The third kappa shape index (κ3) is 4.62. The van der Waals surface area contributed by atoms with Gasteiger partial charge >= 0.3 is 0 Å². The Morgan fingerprint density at radius 3 is 2.80 bits per heavy atom. The van der Waals surface area contributed by atoms with Crippen LogP contribution in [0.25, 0.3) is 10.9 Å². The molecule has 0 bridgehead atoms. The molecule has 2 aromatic carbocycles. The summed E-state index contributed by atoms with van der Waals surface area (Å²) in [6.45, 7) is 4.36. The van der Waals surface area contributed by atoms with Gasteiger partial charge in [0.2, 0.25) is 0 Å². The average molecular weight is 477 g/mol. The van der Waals surface area contributed by atoms with Gasteiger partial charge in [0.15, 0.2) is 11.3 Å². The number of hydrogen-bond donors (Lipinski definition) is 1. The van der Waals surface area contributed by atoms with Crippen LogP contribution in [0.5, 0.6) is 5.75 Å². The Balaban J connectivity index is 1.40.